The highest BCUT2D eigenvalue weighted by Crippen LogP contribution is 2.35. The number of nitrogens with one attached hydrogen (secondary N) is 1. The first kappa shape index (κ1) is 15.3. The second kappa shape index (κ2) is 6.01. The van der Waals surface area contributed by atoms with Gasteiger partial charge in [-0.25, -0.2) is 9.97 Å². The second-order valence-electron chi connectivity index (χ2n) is 6.09. The van der Waals surface area contributed by atoms with E-state index < -0.39 is 5.91 Å². The third-order valence-corrected chi connectivity index (χ3v) is 4.44. The molecule has 0 saturated heterocycles. The summed E-state index contributed by atoms with van der Waals surface area (Å²) in [6, 6.07) is 5.77. The number of nitrogens with zero attached hydrogens (tertiary/aromatic N) is 4. The van der Waals surface area contributed by atoms with Crippen LogP contribution in [-0.4, -0.2) is 25.4 Å². The number of primary amides is 1. The van der Waals surface area contributed by atoms with Crippen molar-refractivity contribution in [3.8, 4) is 11.4 Å². The number of carbonyl (C=O) groups excluding carboxylic acids is 1. The molecule has 7 nitrogen and oxygen atoms in total. The van der Waals surface area contributed by atoms with Gasteiger partial charge in [-0.1, -0.05) is 6.07 Å². The lowest BCUT2D eigenvalue weighted by Gasteiger charge is -2.18. The normalized spacial score (nSPS) is 12.4. The molecule has 0 fully saturated rings. The Balaban J connectivity index is 1.68. The minimum atomic E-state index is -0.400. The minimum Gasteiger partial charge on any atom is -0.366 e. The van der Waals surface area contributed by atoms with Crippen LogP contribution in [-0.2, 0) is 26.4 Å². The van der Waals surface area contributed by atoms with E-state index in [-0.39, 0.29) is 0 Å². The van der Waals surface area contributed by atoms with Crippen molar-refractivity contribution >= 4 is 11.9 Å². The van der Waals surface area contributed by atoms with Crippen molar-refractivity contribution < 1.29 is 4.79 Å². The van der Waals surface area contributed by atoms with E-state index in [1.165, 1.54) is 0 Å². The van der Waals surface area contributed by atoms with E-state index in [2.05, 4.69) is 20.3 Å². The van der Waals surface area contributed by atoms with Gasteiger partial charge in [0.2, 0.25) is 5.95 Å². The molecule has 1 amide bonds. The van der Waals surface area contributed by atoms with Crippen LogP contribution in [0.5, 0.6) is 0 Å². The van der Waals surface area contributed by atoms with Gasteiger partial charge >= 0.3 is 0 Å². The van der Waals surface area contributed by atoms with Gasteiger partial charge in [-0.2, -0.15) is 0 Å². The van der Waals surface area contributed by atoms with Gasteiger partial charge in [0.1, 0.15) is 0 Å². The van der Waals surface area contributed by atoms with E-state index in [0.29, 0.717) is 18.1 Å². The molecule has 0 saturated carbocycles. The number of amides is 1. The Labute approximate surface area is 144 Å². The maximum atomic E-state index is 11.7. The zero-order valence-corrected chi connectivity index (χ0v) is 13.9. The average Bonchev–Trinajstić information content (AvgIpc) is 2.98. The lowest BCUT2D eigenvalue weighted by Crippen LogP contribution is -2.15. The molecule has 3 aromatic heterocycles. The zero-order chi connectivity index (χ0) is 17.4. The van der Waals surface area contributed by atoms with Crippen LogP contribution in [0.2, 0.25) is 0 Å². The minimum absolute atomic E-state index is 0.400. The Bertz CT molecular complexity index is 948. The number of aromatic nitrogens is 4. The quantitative estimate of drug-likeness (QED) is 0.756. The van der Waals surface area contributed by atoms with E-state index in [4.69, 9.17) is 5.73 Å². The summed E-state index contributed by atoms with van der Waals surface area (Å²) in [4.78, 5) is 25.0. The van der Waals surface area contributed by atoms with Gasteiger partial charge in [0, 0.05) is 25.6 Å². The SMILES string of the molecule is Cn1cc(C(N)=O)c2c1-c1nc(NCc3ccccn3)ncc1CC2. The molecule has 126 valence electrons. The van der Waals surface area contributed by atoms with Crippen LogP contribution < -0.4 is 11.1 Å². The molecule has 0 aliphatic heterocycles. The third kappa shape index (κ3) is 2.73. The summed E-state index contributed by atoms with van der Waals surface area (Å²) < 4.78 is 1.92. The summed E-state index contributed by atoms with van der Waals surface area (Å²) >= 11 is 0. The number of fused-ring (bicyclic) bond motifs is 3. The number of anilines is 1. The Morgan fingerprint density at radius 1 is 1.32 bits per heavy atom. The predicted octanol–water partition coefficient (Wildman–Crippen LogP) is 1.69. The summed E-state index contributed by atoms with van der Waals surface area (Å²) in [6.07, 6.45) is 6.96. The maximum absolute atomic E-state index is 11.7. The number of aryl methyl sites for hydroxylation is 2. The van der Waals surface area contributed by atoms with Gasteiger partial charge in [0.05, 0.1) is 29.2 Å². The lowest BCUT2D eigenvalue weighted by atomic mass is 9.92. The number of carbonyl (C=O) groups is 1. The monoisotopic (exact) mass is 334 g/mol. The van der Waals surface area contributed by atoms with Crippen molar-refractivity contribution in [2.24, 2.45) is 12.8 Å². The van der Waals surface area contributed by atoms with Gasteiger partial charge in [-0.05, 0) is 36.1 Å². The molecule has 0 unspecified atom stereocenters. The number of pyridine rings is 1. The molecule has 1 aliphatic carbocycles. The average molecular weight is 334 g/mol. The van der Waals surface area contributed by atoms with Crippen LogP contribution in [0.15, 0.2) is 36.8 Å². The van der Waals surface area contributed by atoms with Gasteiger partial charge in [0.25, 0.3) is 5.91 Å². The first-order chi connectivity index (χ1) is 12.1. The summed E-state index contributed by atoms with van der Waals surface area (Å²) in [6.45, 7) is 0.548. The van der Waals surface area contributed by atoms with Crippen LogP contribution >= 0.6 is 0 Å². The van der Waals surface area contributed by atoms with Crippen molar-refractivity contribution in [1.29, 1.82) is 0 Å². The lowest BCUT2D eigenvalue weighted by molar-refractivity contribution is 0.0999. The number of hydrogen-bond acceptors (Lipinski definition) is 5. The Hall–Kier alpha value is -3.22. The standard InChI is InChI=1S/C18H18N6O/c1-24-10-14(17(19)25)13-6-5-11-8-21-18(23-15(11)16(13)24)22-9-12-4-2-3-7-20-12/h2-4,7-8,10H,5-6,9H2,1H3,(H2,19,25)(H,21,22,23). The van der Waals surface area contributed by atoms with Gasteiger partial charge in [-0.3, -0.25) is 9.78 Å². The fourth-order valence-electron chi connectivity index (χ4n) is 3.26. The fourth-order valence-corrected chi connectivity index (χ4v) is 3.26. The Morgan fingerprint density at radius 2 is 2.20 bits per heavy atom. The van der Waals surface area contributed by atoms with Crippen molar-refractivity contribution in [2.75, 3.05) is 5.32 Å². The Kier molecular flexibility index (Phi) is 3.68. The fraction of sp³-hybridized carbons (Fsp3) is 0.222. The molecule has 0 radical (unpaired) electrons. The summed E-state index contributed by atoms with van der Waals surface area (Å²) in [5, 5.41) is 3.21. The molecule has 25 heavy (non-hydrogen) atoms. The largest absolute Gasteiger partial charge is 0.366 e. The van der Waals surface area contributed by atoms with Gasteiger partial charge < -0.3 is 15.6 Å². The van der Waals surface area contributed by atoms with Crippen LogP contribution in [0.3, 0.4) is 0 Å². The summed E-state index contributed by atoms with van der Waals surface area (Å²) in [7, 11) is 1.91. The molecule has 0 spiro atoms. The van der Waals surface area contributed by atoms with E-state index in [0.717, 1.165) is 41.1 Å². The van der Waals surface area contributed by atoms with Crippen molar-refractivity contribution in [3.63, 3.8) is 0 Å². The molecular formula is C18H18N6O. The molecule has 3 heterocycles. The zero-order valence-electron chi connectivity index (χ0n) is 13.9. The number of rotatable bonds is 4. The highest BCUT2D eigenvalue weighted by Gasteiger charge is 2.26. The smallest absolute Gasteiger partial charge is 0.250 e. The predicted molar refractivity (Wildman–Crippen MR) is 93.9 cm³/mol. The van der Waals surface area contributed by atoms with Crippen molar-refractivity contribution in [3.05, 3.63) is 59.2 Å². The van der Waals surface area contributed by atoms with Crippen LogP contribution in [0, 0.1) is 0 Å². The molecule has 3 N–H and O–H groups in total. The first-order valence-electron chi connectivity index (χ1n) is 8.11. The highest BCUT2D eigenvalue weighted by molar-refractivity contribution is 5.96. The number of hydrogen-bond donors (Lipinski definition) is 2. The van der Waals surface area contributed by atoms with E-state index in [1.54, 1.807) is 12.4 Å². The second-order valence-corrected chi connectivity index (χ2v) is 6.09. The van der Waals surface area contributed by atoms with Gasteiger partial charge in [0.15, 0.2) is 0 Å². The van der Waals surface area contributed by atoms with Gasteiger partial charge in [-0.15, -0.1) is 0 Å². The highest BCUT2D eigenvalue weighted by atomic mass is 16.1. The first-order valence-corrected chi connectivity index (χ1v) is 8.11. The molecule has 4 rings (SSSR count). The molecule has 3 aromatic rings. The maximum Gasteiger partial charge on any atom is 0.250 e. The van der Waals surface area contributed by atoms with Crippen LogP contribution in [0.25, 0.3) is 11.4 Å². The van der Waals surface area contributed by atoms with E-state index in [9.17, 15) is 4.79 Å². The molecule has 0 bridgehead atoms. The van der Waals surface area contributed by atoms with E-state index in [1.807, 2.05) is 36.0 Å². The van der Waals surface area contributed by atoms with E-state index >= 15 is 0 Å². The number of nitrogens with two attached hydrogens (primary N) is 1. The van der Waals surface area contributed by atoms with Crippen LogP contribution in [0.1, 0.15) is 27.2 Å². The van der Waals surface area contributed by atoms with Crippen molar-refractivity contribution in [2.45, 2.75) is 19.4 Å². The summed E-state index contributed by atoms with van der Waals surface area (Å²) in [5.41, 5.74) is 10.8. The van der Waals surface area contributed by atoms with Crippen molar-refractivity contribution in [1.82, 2.24) is 19.5 Å². The molecular weight excluding hydrogens is 316 g/mol. The Morgan fingerprint density at radius 3 is 2.96 bits per heavy atom. The topological polar surface area (TPSA) is 98.7 Å². The molecule has 0 atom stereocenters. The van der Waals surface area contributed by atoms with Crippen LogP contribution in [0.4, 0.5) is 5.95 Å². The molecule has 7 heteroatoms. The molecule has 1 aliphatic rings. The third-order valence-electron chi connectivity index (χ3n) is 4.44. The molecule has 0 aromatic carbocycles. The summed E-state index contributed by atoms with van der Waals surface area (Å²) in [5.74, 6) is 0.141.